The van der Waals surface area contributed by atoms with Crippen LogP contribution in [-0.2, 0) is 6.42 Å². The molecule has 188 valence electrons. The maximum Gasteiger partial charge on any atom is 0.248 e. The zero-order chi connectivity index (χ0) is 24.7. The van der Waals surface area contributed by atoms with Gasteiger partial charge in [0, 0.05) is 48.4 Å². The SMILES string of the molecule is CN1CCC(Cc2cnc3ccc(-c4c[nH]c5nc(NC6CCC(F)(F)CC6)ncc45)cc3n2)CC1. The second-order valence-corrected chi connectivity index (χ2v) is 10.4. The molecule has 2 fully saturated rings. The van der Waals surface area contributed by atoms with Gasteiger partial charge in [-0.1, -0.05) is 6.07 Å². The van der Waals surface area contributed by atoms with Gasteiger partial charge in [-0.15, -0.1) is 0 Å². The summed E-state index contributed by atoms with van der Waals surface area (Å²) in [5.41, 5.74) is 5.56. The van der Waals surface area contributed by atoms with Gasteiger partial charge in [-0.25, -0.2) is 18.7 Å². The van der Waals surface area contributed by atoms with Gasteiger partial charge in [-0.2, -0.15) is 4.98 Å². The smallest absolute Gasteiger partial charge is 0.248 e. The van der Waals surface area contributed by atoms with E-state index in [0.29, 0.717) is 30.4 Å². The van der Waals surface area contributed by atoms with Crippen LogP contribution in [0.15, 0.2) is 36.8 Å². The van der Waals surface area contributed by atoms with Crippen LogP contribution in [0.4, 0.5) is 14.7 Å². The summed E-state index contributed by atoms with van der Waals surface area (Å²) in [7, 11) is 2.18. The fourth-order valence-corrected chi connectivity index (χ4v) is 5.46. The molecule has 6 rings (SSSR count). The van der Waals surface area contributed by atoms with E-state index in [9.17, 15) is 8.78 Å². The van der Waals surface area contributed by atoms with Crippen molar-refractivity contribution in [3.8, 4) is 11.1 Å². The Morgan fingerprint density at radius 2 is 1.83 bits per heavy atom. The molecule has 4 heterocycles. The molecule has 0 unspecified atom stereocenters. The van der Waals surface area contributed by atoms with Gasteiger partial charge in [0.25, 0.3) is 0 Å². The van der Waals surface area contributed by atoms with Crippen molar-refractivity contribution in [1.82, 2.24) is 29.8 Å². The number of likely N-dealkylation sites (tertiary alicyclic amines) is 1. The molecule has 1 aliphatic heterocycles. The molecule has 1 aromatic carbocycles. The van der Waals surface area contributed by atoms with Crippen molar-refractivity contribution in [2.75, 3.05) is 25.5 Å². The molecule has 1 saturated heterocycles. The van der Waals surface area contributed by atoms with E-state index in [1.54, 1.807) is 6.20 Å². The first-order valence-electron chi connectivity index (χ1n) is 12.8. The van der Waals surface area contributed by atoms with Gasteiger partial charge in [0.2, 0.25) is 11.9 Å². The third-order valence-electron chi connectivity index (χ3n) is 7.72. The number of aromatic nitrogens is 5. The minimum absolute atomic E-state index is 0.0284. The summed E-state index contributed by atoms with van der Waals surface area (Å²) in [5.74, 6) is -1.42. The average Bonchev–Trinajstić information content (AvgIpc) is 3.30. The molecular weight excluding hydrogens is 460 g/mol. The van der Waals surface area contributed by atoms with Crippen LogP contribution in [0.3, 0.4) is 0 Å². The van der Waals surface area contributed by atoms with Gasteiger partial charge in [0.1, 0.15) is 5.65 Å². The number of rotatable bonds is 5. The zero-order valence-corrected chi connectivity index (χ0v) is 20.5. The number of nitrogens with one attached hydrogen (secondary N) is 2. The molecular formula is C27H31F2N7. The average molecular weight is 492 g/mol. The molecule has 3 aromatic heterocycles. The largest absolute Gasteiger partial charge is 0.351 e. The van der Waals surface area contributed by atoms with E-state index in [0.717, 1.165) is 52.8 Å². The fourth-order valence-electron chi connectivity index (χ4n) is 5.46. The minimum atomic E-state index is -2.55. The Bertz CT molecular complexity index is 1370. The number of alkyl halides is 2. The number of benzene rings is 1. The van der Waals surface area contributed by atoms with E-state index in [-0.39, 0.29) is 18.9 Å². The lowest BCUT2D eigenvalue weighted by atomic mass is 9.92. The second kappa shape index (κ2) is 9.35. The summed E-state index contributed by atoms with van der Waals surface area (Å²) < 4.78 is 26.9. The summed E-state index contributed by atoms with van der Waals surface area (Å²) in [6.45, 7) is 2.29. The van der Waals surface area contributed by atoms with Crippen molar-refractivity contribution in [2.24, 2.45) is 5.92 Å². The molecule has 7 nitrogen and oxygen atoms in total. The Hall–Kier alpha value is -3.20. The van der Waals surface area contributed by atoms with Crippen molar-refractivity contribution < 1.29 is 8.78 Å². The molecule has 1 saturated carbocycles. The summed E-state index contributed by atoms with van der Waals surface area (Å²) in [5, 5.41) is 4.14. The molecule has 4 aromatic rings. The Morgan fingerprint density at radius 1 is 1.03 bits per heavy atom. The van der Waals surface area contributed by atoms with Gasteiger partial charge >= 0.3 is 0 Å². The monoisotopic (exact) mass is 491 g/mol. The Labute approximate surface area is 208 Å². The third kappa shape index (κ3) is 4.89. The number of piperidine rings is 1. The van der Waals surface area contributed by atoms with Crippen LogP contribution in [-0.4, -0.2) is 61.9 Å². The van der Waals surface area contributed by atoms with E-state index < -0.39 is 5.92 Å². The van der Waals surface area contributed by atoms with Crippen molar-refractivity contribution >= 4 is 28.0 Å². The van der Waals surface area contributed by atoms with Crippen LogP contribution >= 0.6 is 0 Å². The number of H-pyrrole nitrogens is 1. The predicted octanol–water partition coefficient (Wildman–Crippen LogP) is 5.44. The number of aromatic amines is 1. The lowest BCUT2D eigenvalue weighted by molar-refractivity contribution is -0.0361. The Morgan fingerprint density at radius 3 is 2.64 bits per heavy atom. The summed E-state index contributed by atoms with van der Waals surface area (Å²) in [6.07, 6.45) is 9.67. The van der Waals surface area contributed by atoms with Crippen LogP contribution in [0.25, 0.3) is 33.2 Å². The van der Waals surface area contributed by atoms with E-state index in [1.807, 2.05) is 24.5 Å². The standard InChI is InChI=1S/C27H31F2N7/c1-36-10-6-17(7-11-36)12-20-14-30-23-3-2-18(13-24(23)33-20)21-15-31-25-22(21)16-32-26(35-25)34-19-4-8-27(28,29)9-5-19/h2-3,13-17,19H,4-12H2,1H3,(H2,31,32,34,35). The summed E-state index contributed by atoms with van der Waals surface area (Å²) >= 11 is 0. The second-order valence-electron chi connectivity index (χ2n) is 10.4. The van der Waals surface area contributed by atoms with Crippen molar-refractivity contribution in [1.29, 1.82) is 0 Å². The lowest BCUT2D eigenvalue weighted by Crippen LogP contribution is -2.32. The number of fused-ring (bicyclic) bond motifs is 2. The number of hydrogen-bond acceptors (Lipinski definition) is 6. The van der Waals surface area contributed by atoms with Gasteiger partial charge < -0.3 is 15.2 Å². The molecule has 0 spiro atoms. The maximum atomic E-state index is 13.5. The molecule has 0 bridgehead atoms. The highest BCUT2D eigenvalue weighted by Gasteiger charge is 2.35. The molecule has 9 heteroatoms. The van der Waals surface area contributed by atoms with Crippen LogP contribution in [0.1, 0.15) is 44.2 Å². The van der Waals surface area contributed by atoms with Gasteiger partial charge in [0.15, 0.2) is 0 Å². The number of halogens is 2. The number of nitrogens with zero attached hydrogens (tertiary/aromatic N) is 5. The highest BCUT2D eigenvalue weighted by molar-refractivity contribution is 5.95. The Kier molecular flexibility index (Phi) is 6.03. The summed E-state index contributed by atoms with van der Waals surface area (Å²) in [4.78, 5) is 24.3. The molecule has 2 N–H and O–H groups in total. The fraction of sp³-hybridized carbons (Fsp3) is 0.481. The Balaban J connectivity index is 1.21. The zero-order valence-electron chi connectivity index (χ0n) is 20.5. The van der Waals surface area contributed by atoms with E-state index in [2.05, 4.69) is 43.3 Å². The first kappa shape index (κ1) is 23.2. The van der Waals surface area contributed by atoms with Crippen LogP contribution in [0.2, 0.25) is 0 Å². The number of anilines is 1. The minimum Gasteiger partial charge on any atom is -0.351 e. The van der Waals surface area contributed by atoms with E-state index in [4.69, 9.17) is 4.98 Å². The van der Waals surface area contributed by atoms with Gasteiger partial charge in [-0.3, -0.25) is 4.98 Å². The van der Waals surface area contributed by atoms with Crippen LogP contribution < -0.4 is 5.32 Å². The van der Waals surface area contributed by atoms with Gasteiger partial charge in [-0.05, 0) is 75.9 Å². The van der Waals surface area contributed by atoms with Crippen LogP contribution in [0.5, 0.6) is 0 Å². The molecule has 36 heavy (non-hydrogen) atoms. The van der Waals surface area contributed by atoms with Crippen molar-refractivity contribution in [2.45, 2.75) is 56.9 Å². The normalized spacial score (nSPS) is 19.8. The molecule has 0 atom stereocenters. The highest BCUT2D eigenvalue weighted by atomic mass is 19.3. The van der Waals surface area contributed by atoms with Gasteiger partial charge in [0.05, 0.1) is 16.7 Å². The molecule has 0 amide bonds. The lowest BCUT2D eigenvalue weighted by Gasteiger charge is -2.28. The maximum absolute atomic E-state index is 13.5. The van der Waals surface area contributed by atoms with Crippen molar-refractivity contribution in [3.63, 3.8) is 0 Å². The molecule has 1 aliphatic carbocycles. The molecule has 2 aliphatic rings. The third-order valence-corrected chi connectivity index (χ3v) is 7.72. The quantitative estimate of drug-likeness (QED) is 0.387. The van der Waals surface area contributed by atoms with E-state index >= 15 is 0 Å². The van der Waals surface area contributed by atoms with Crippen molar-refractivity contribution in [3.05, 3.63) is 42.5 Å². The highest BCUT2D eigenvalue weighted by Crippen LogP contribution is 2.34. The first-order valence-corrected chi connectivity index (χ1v) is 12.8. The first-order chi connectivity index (χ1) is 17.4. The van der Waals surface area contributed by atoms with E-state index in [1.165, 1.54) is 12.8 Å². The number of hydrogen-bond donors (Lipinski definition) is 2. The predicted molar refractivity (Wildman–Crippen MR) is 137 cm³/mol. The molecule has 0 radical (unpaired) electrons. The summed E-state index contributed by atoms with van der Waals surface area (Å²) in [6, 6.07) is 6.10. The van der Waals surface area contributed by atoms with Crippen LogP contribution in [0, 0.1) is 5.92 Å². The topological polar surface area (TPSA) is 82.6 Å².